The summed E-state index contributed by atoms with van der Waals surface area (Å²) in [5.74, 6) is 0.631. The van der Waals surface area contributed by atoms with E-state index in [2.05, 4.69) is 29.8 Å². The molecular formula is C14H19NOS2. The second-order valence-electron chi connectivity index (χ2n) is 4.81. The Labute approximate surface area is 116 Å². The van der Waals surface area contributed by atoms with E-state index >= 15 is 0 Å². The molecule has 98 valence electrons. The molecule has 4 heteroatoms. The molecule has 2 nitrogen and oxygen atoms in total. The minimum atomic E-state index is 0.472. The van der Waals surface area contributed by atoms with Gasteiger partial charge in [0.1, 0.15) is 0 Å². The third-order valence-electron chi connectivity index (χ3n) is 3.56. The summed E-state index contributed by atoms with van der Waals surface area (Å²) in [6, 6.07) is 5.07. The molecule has 0 saturated carbocycles. The molecular weight excluding hydrogens is 262 g/mol. The Morgan fingerprint density at radius 2 is 2.44 bits per heavy atom. The van der Waals surface area contributed by atoms with Crippen molar-refractivity contribution >= 4 is 32.1 Å². The first-order valence-corrected chi connectivity index (χ1v) is 8.36. The molecule has 1 saturated heterocycles. The van der Waals surface area contributed by atoms with Crippen LogP contribution in [0.15, 0.2) is 17.5 Å². The van der Waals surface area contributed by atoms with Crippen LogP contribution in [0.4, 0.5) is 0 Å². The van der Waals surface area contributed by atoms with Gasteiger partial charge in [-0.2, -0.15) is 0 Å². The summed E-state index contributed by atoms with van der Waals surface area (Å²) in [6.45, 7) is 5.05. The van der Waals surface area contributed by atoms with Crippen molar-refractivity contribution in [2.24, 2.45) is 5.92 Å². The Balaban J connectivity index is 1.85. The molecule has 1 aliphatic rings. The van der Waals surface area contributed by atoms with Crippen LogP contribution in [-0.2, 0) is 4.74 Å². The van der Waals surface area contributed by atoms with E-state index in [1.165, 1.54) is 27.1 Å². The standard InChI is InChI=1S/C14H19NOS2/c1-2-15-14(10-4-3-6-16-9-10)13-8-12-11(18-13)5-7-17-12/h5,7-8,10,14-15H,2-4,6,9H2,1H3. The highest BCUT2D eigenvalue weighted by molar-refractivity contribution is 7.26. The van der Waals surface area contributed by atoms with E-state index in [1.54, 1.807) is 0 Å². The fourth-order valence-corrected chi connectivity index (χ4v) is 4.97. The number of ether oxygens (including phenoxy) is 1. The Kier molecular flexibility index (Phi) is 3.99. The number of fused-ring (bicyclic) bond motifs is 1. The van der Waals surface area contributed by atoms with Crippen molar-refractivity contribution in [1.82, 2.24) is 5.32 Å². The summed E-state index contributed by atoms with van der Waals surface area (Å²) in [6.07, 6.45) is 2.48. The van der Waals surface area contributed by atoms with Crippen LogP contribution in [0.1, 0.15) is 30.7 Å². The quantitative estimate of drug-likeness (QED) is 0.913. The van der Waals surface area contributed by atoms with Gasteiger partial charge in [-0.05, 0) is 36.9 Å². The smallest absolute Gasteiger partial charge is 0.0512 e. The predicted octanol–water partition coefficient (Wildman–Crippen LogP) is 4.04. The van der Waals surface area contributed by atoms with Crippen molar-refractivity contribution in [3.63, 3.8) is 0 Å². The highest BCUT2D eigenvalue weighted by Crippen LogP contribution is 2.37. The van der Waals surface area contributed by atoms with Crippen molar-refractivity contribution < 1.29 is 4.74 Å². The van der Waals surface area contributed by atoms with Crippen LogP contribution in [0.2, 0.25) is 0 Å². The van der Waals surface area contributed by atoms with Crippen molar-refractivity contribution in [2.75, 3.05) is 19.8 Å². The van der Waals surface area contributed by atoms with Gasteiger partial charge in [0.15, 0.2) is 0 Å². The summed E-state index contributed by atoms with van der Waals surface area (Å²) in [5, 5.41) is 5.83. The lowest BCUT2D eigenvalue weighted by Gasteiger charge is -2.30. The zero-order valence-corrected chi connectivity index (χ0v) is 12.3. The van der Waals surface area contributed by atoms with Gasteiger partial charge in [0.2, 0.25) is 0 Å². The van der Waals surface area contributed by atoms with E-state index < -0.39 is 0 Å². The molecule has 18 heavy (non-hydrogen) atoms. The lowest BCUT2D eigenvalue weighted by molar-refractivity contribution is 0.0398. The molecule has 2 aromatic heterocycles. The third kappa shape index (κ3) is 2.48. The lowest BCUT2D eigenvalue weighted by Crippen LogP contribution is -2.32. The second-order valence-corrected chi connectivity index (χ2v) is 6.87. The van der Waals surface area contributed by atoms with Gasteiger partial charge >= 0.3 is 0 Å². The number of rotatable bonds is 4. The van der Waals surface area contributed by atoms with Crippen LogP contribution in [-0.4, -0.2) is 19.8 Å². The topological polar surface area (TPSA) is 21.3 Å². The maximum atomic E-state index is 5.65. The first kappa shape index (κ1) is 12.6. The van der Waals surface area contributed by atoms with E-state index in [-0.39, 0.29) is 0 Å². The van der Waals surface area contributed by atoms with E-state index in [9.17, 15) is 0 Å². The van der Waals surface area contributed by atoms with Gasteiger partial charge < -0.3 is 10.1 Å². The molecule has 0 amide bonds. The van der Waals surface area contributed by atoms with Crippen LogP contribution < -0.4 is 5.32 Å². The highest BCUT2D eigenvalue weighted by Gasteiger charge is 2.26. The van der Waals surface area contributed by atoms with E-state index in [0.29, 0.717) is 12.0 Å². The Hall–Kier alpha value is -0.420. The Morgan fingerprint density at radius 3 is 3.17 bits per heavy atom. The predicted molar refractivity (Wildman–Crippen MR) is 79.7 cm³/mol. The molecule has 3 heterocycles. The van der Waals surface area contributed by atoms with Gasteiger partial charge in [0.25, 0.3) is 0 Å². The summed E-state index contributed by atoms with van der Waals surface area (Å²) < 4.78 is 8.50. The van der Waals surface area contributed by atoms with Crippen LogP contribution in [0, 0.1) is 5.92 Å². The van der Waals surface area contributed by atoms with Gasteiger partial charge in [-0.3, -0.25) is 0 Å². The molecule has 1 N–H and O–H groups in total. The summed E-state index contributed by atoms with van der Waals surface area (Å²) in [7, 11) is 0. The minimum Gasteiger partial charge on any atom is -0.381 e. The monoisotopic (exact) mass is 281 g/mol. The summed E-state index contributed by atoms with van der Waals surface area (Å²) in [5.41, 5.74) is 0. The van der Waals surface area contributed by atoms with Gasteiger partial charge in [-0.1, -0.05) is 6.92 Å². The third-order valence-corrected chi connectivity index (χ3v) is 5.73. The van der Waals surface area contributed by atoms with Gasteiger partial charge in [-0.25, -0.2) is 0 Å². The number of thiophene rings is 2. The zero-order chi connectivity index (χ0) is 12.4. The summed E-state index contributed by atoms with van der Waals surface area (Å²) >= 11 is 3.78. The molecule has 2 unspecified atom stereocenters. The fraction of sp³-hybridized carbons (Fsp3) is 0.571. The number of hydrogen-bond acceptors (Lipinski definition) is 4. The maximum absolute atomic E-state index is 5.65. The SMILES string of the molecule is CCNC(c1cc2sccc2s1)C1CCCOC1. The first-order chi connectivity index (χ1) is 8.88. The Morgan fingerprint density at radius 1 is 1.50 bits per heavy atom. The second kappa shape index (κ2) is 5.70. The van der Waals surface area contributed by atoms with Crippen LogP contribution >= 0.6 is 22.7 Å². The molecule has 0 bridgehead atoms. The fourth-order valence-electron chi connectivity index (χ4n) is 2.69. The van der Waals surface area contributed by atoms with E-state index in [4.69, 9.17) is 4.74 Å². The minimum absolute atomic E-state index is 0.472. The van der Waals surface area contributed by atoms with Crippen molar-refractivity contribution in [1.29, 1.82) is 0 Å². The molecule has 0 radical (unpaired) electrons. The number of nitrogens with one attached hydrogen (secondary N) is 1. The summed E-state index contributed by atoms with van der Waals surface area (Å²) in [4.78, 5) is 1.48. The Bertz CT molecular complexity index is 470. The van der Waals surface area contributed by atoms with E-state index in [0.717, 1.165) is 19.8 Å². The molecule has 1 aliphatic heterocycles. The van der Waals surface area contributed by atoms with Gasteiger partial charge in [-0.15, -0.1) is 22.7 Å². The van der Waals surface area contributed by atoms with Crippen molar-refractivity contribution in [3.8, 4) is 0 Å². The van der Waals surface area contributed by atoms with Crippen molar-refractivity contribution in [2.45, 2.75) is 25.8 Å². The van der Waals surface area contributed by atoms with E-state index in [1.807, 2.05) is 22.7 Å². The van der Waals surface area contributed by atoms with Crippen LogP contribution in [0.3, 0.4) is 0 Å². The number of hydrogen-bond donors (Lipinski definition) is 1. The molecule has 1 fully saturated rings. The largest absolute Gasteiger partial charge is 0.381 e. The molecule has 0 aromatic carbocycles. The normalized spacial score (nSPS) is 22.4. The maximum Gasteiger partial charge on any atom is 0.0512 e. The van der Waals surface area contributed by atoms with Crippen LogP contribution in [0.25, 0.3) is 9.40 Å². The molecule has 2 aromatic rings. The molecule has 0 spiro atoms. The first-order valence-electron chi connectivity index (χ1n) is 6.66. The lowest BCUT2D eigenvalue weighted by atomic mass is 9.92. The average Bonchev–Trinajstić information content (AvgIpc) is 2.97. The van der Waals surface area contributed by atoms with Crippen molar-refractivity contribution in [3.05, 3.63) is 22.4 Å². The van der Waals surface area contributed by atoms with Gasteiger partial charge in [0.05, 0.1) is 6.61 Å². The molecule has 2 atom stereocenters. The zero-order valence-electron chi connectivity index (χ0n) is 10.6. The highest BCUT2D eigenvalue weighted by atomic mass is 32.1. The molecule has 3 rings (SSSR count). The van der Waals surface area contributed by atoms with Crippen LogP contribution in [0.5, 0.6) is 0 Å². The average molecular weight is 281 g/mol. The molecule has 0 aliphatic carbocycles. The van der Waals surface area contributed by atoms with Gasteiger partial charge in [0, 0.05) is 32.8 Å².